The maximum absolute atomic E-state index is 11.9. The number of likely N-dealkylation sites (tertiary alicyclic amines) is 1. The Labute approximate surface area is 126 Å². The molecule has 2 fully saturated rings. The SMILES string of the molecule is CCNC(=O)N1CC[C@@H](N[C@H](c2ccccc2)C2CC2)C1. The predicted octanol–water partition coefficient (Wildman–Crippen LogP) is 2.53. The van der Waals surface area contributed by atoms with Gasteiger partial charge in [-0.2, -0.15) is 0 Å². The lowest BCUT2D eigenvalue weighted by Gasteiger charge is -2.24. The minimum atomic E-state index is 0.0736. The Morgan fingerprint density at radius 2 is 2.05 bits per heavy atom. The lowest BCUT2D eigenvalue weighted by Crippen LogP contribution is -2.41. The maximum atomic E-state index is 11.9. The van der Waals surface area contributed by atoms with Crippen molar-refractivity contribution in [2.24, 2.45) is 5.92 Å². The molecule has 2 N–H and O–H groups in total. The molecule has 1 saturated heterocycles. The summed E-state index contributed by atoms with van der Waals surface area (Å²) in [4.78, 5) is 13.8. The third kappa shape index (κ3) is 3.56. The topological polar surface area (TPSA) is 44.4 Å². The van der Waals surface area contributed by atoms with Gasteiger partial charge in [-0.15, -0.1) is 0 Å². The molecule has 1 aliphatic heterocycles. The number of urea groups is 1. The van der Waals surface area contributed by atoms with Crippen molar-refractivity contribution in [1.82, 2.24) is 15.5 Å². The van der Waals surface area contributed by atoms with Crippen molar-refractivity contribution >= 4 is 6.03 Å². The molecule has 2 amide bonds. The summed E-state index contributed by atoms with van der Waals surface area (Å²) in [6.45, 7) is 4.34. The minimum absolute atomic E-state index is 0.0736. The summed E-state index contributed by atoms with van der Waals surface area (Å²) in [6.07, 6.45) is 3.69. The Bertz CT molecular complexity index is 472. The number of benzene rings is 1. The molecular weight excluding hydrogens is 262 g/mol. The molecule has 1 aromatic carbocycles. The molecule has 114 valence electrons. The Hall–Kier alpha value is -1.55. The van der Waals surface area contributed by atoms with E-state index in [0.717, 1.165) is 25.4 Å². The summed E-state index contributed by atoms with van der Waals surface area (Å²) in [5.41, 5.74) is 1.39. The van der Waals surface area contributed by atoms with Crippen LogP contribution in [-0.2, 0) is 0 Å². The fraction of sp³-hybridized carbons (Fsp3) is 0.588. The van der Waals surface area contributed by atoms with E-state index in [1.54, 1.807) is 0 Å². The lowest BCUT2D eigenvalue weighted by atomic mass is 10.0. The van der Waals surface area contributed by atoms with E-state index < -0.39 is 0 Å². The number of nitrogens with zero attached hydrogens (tertiary/aromatic N) is 1. The van der Waals surface area contributed by atoms with Gasteiger partial charge in [-0.3, -0.25) is 0 Å². The van der Waals surface area contributed by atoms with Gasteiger partial charge in [0.15, 0.2) is 0 Å². The molecule has 1 saturated carbocycles. The Balaban J connectivity index is 1.59. The van der Waals surface area contributed by atoms with Gasteiger partial charge >= 0.3 is 6.03 Å². The number of amides is 2. The second kappa shape index (κ2) is 6.48. The van der Waals surface area contributed by atoms with Crippen LogP contribution in [0.1, 0.15) is 37.8 Å². The normalized spacial score (nSPS) is 23.1. The fourth-order valence-corrected chi connectivity index (χ4v) is 3.19. The van der Waals surface area contributed by atoms with Gasteiger partial charge < -0.3 is 15.5 Å². The maximum Gasteiger partial charge on any atom is 0.317 e. The van der Waals surface area contributed by atoms with Crippen molar-refractivity contribution in [3.63, 3.8) is 0 Å². The number of carbonyl (C=O) groups is 1. The highest BCUT2D eigenvalue weighted by Gasteiger charge is 2.35. The molecule has 0 spiro atoms. The van der Waals surface area contributed by atoms with Gasteiger partial charge in [0.25, 0.3) is 0 Å². The molecule has 2 atom stereocenters. The van der Waals surface area contributed by atoms with E-state index in [4.69, 9.17) is 0 Å². The van der Waals surface area contributed by atoms with Crippen LogP contribution < -0.4 is 10.6 Å². The zero-order chi connectivity index (χ0) is 14.7. The fourth-order valence-electron chi connectivity index (χ4n) is 3.19. The molecule has 21 heavy (non-hydrogen) atoms. The van der Waals surface area contributed by atoms with Crippen molar-refractivity contribution in [1.29, 1.82) is 0 Å². The second-order valence-corrected chi connectivity index (χ2v) is 6.16. The molecule has 0 unspecified atom stereocenters. The molecule has 4 heteroatoms. The minimum Gasteiger partial charge on any atom is -0.338 e. The van der Waals surface area contributed by atoms with Crippen molar-refractivity contribution in [2.75, 3.05) is 19.6 Å². The molecule has 0 radical (unpaired) electrons. The molecular formula is C17H25N3O. The van der Waals surface area contributed by atoms with Gasteiger partial charge in [0.05, 0.1) is 0 Å². The van der Waals surface area contributed by atoms with E-state index in [1.807, 2.05) is 11.8 Å². The summed E-state index contributed by atoms with van der Waals surface area (Å²) in [5.74, 6) is 0.769. The third-order valence-electron chi connectivity index (χ3n) is 4.47. The van der Waals surface area contributed by atoms with E-state index in [2.05, 4.69) is 41.0 Å². The summed E-state index contributed by atoms with van der Waals surface area (Å²) >= 11 is 0. The number of carbonyl (C=O) groups excluding carboxylic acids is 1. The molecule has 1 aromatic rings. The van der Waals surface area contributed by atoms with Crippen LogP contribution in [0.25, 0.3) is 0 Å². The number of hydrogen-bond acceptors (Lipinski definition) is 2. The summed E-state index contributed by atoms with van der Waals surface area (Å²) in [5, 5.41) is 6.69. The highest BCUT2D eigenvalue weighted by atomic mass is 16.2. The quantitative estimate of drug-likeness (QED) is 0.874. The average Bonchev–Trinajstić information content (AvgIpc) is 3.24. The summed E-state index contributed by atoms with van der Waals surface area (Å²) in [7, 11) is 0. The zero-order valence-corrected chi connectivity index (χ0v) is 12.7. The van der Waals surface area contributed by atoms with E-state index in [0.29, 0.717) is 18.6 Å². The number of nitrogens with one attached hydrogen (secondary N) is 2. The van der Waals surface area contributed by atoms with Gasteiger partial charge in [0.2, 0.25) is 0 Å². The van der Waals surface area contributed by atoms with Crippen LogP contribution in [0.4, 0.5) is 4.79 Å². The highest BCUT2D eigenvalue weighted by molar-refractivity contribution is 5.74. The van der Waals surface area contributed by atoms with Gasteiger partial charge in [0.1, 0.15) is 0 Å². The molecule has 1 aliphatic carbocycles. The molecule has 3 rings (SSSR count). The van der Waals surface area contributed by atoms with E-state index >= 15 is 0 Å². The molecule has 2 aliphatic rings. The van der Waals surface area contributed by atoms with Crippen LogP contribution in [0.2, 0.25) is 0 Å². The largest absolute Gasteiger partial charge is 0.338 e. The molecule has 0 aromatic heterocycles. The first-order valence-corrected chi connectivity index (χ1v) is 8.11. The number of rotatable bonds is 5. The highest BCUT2D eigenvalue weighted by Crippen LogP contribution is 2.41. The first kappa shape index (κ1) is 14.4. The molecule has 0 bridgehead atoms. The monoisotopic (exact) mass is 287 g/mol. The Kier molecular flexibility index (Phi) is 4.44. The van der Waals surface area contributed by atoms with Crippen LogP contribution in [0.3, 0.4) is 0 Å². The van der Waals surface area contributed by atoms with Crippen LogP contribution in [0.15, 0.2) is 30.3 Å². The Morgan fingerprint density at radius 3 is 2.71 bits per heavy atom. The smallest absolute Gasteiger partial charge is 0.317 e. The number of hydrogen-bond donors (Lipinski definition) is 2. The van der Waals surface area contributed by atoms with Crippen molar-refractivity contribution in [3.05, 3.63) is 35.9 Å². The van der Waals surface area contributed by atoms with Crippen LogP contribution in [0.5, 0.6) is 0 Å². The van der Waals surface area contributed by atoms with Gasteiger partial charge in [-0.1, -0.05) is 30.3 Å². The second-order valence-electron chi connectivity index (χ2n) is 6.16. The predicted molar refractivity (Wildman–Crippen MR) is 84.1 cm³/mol. The van der Waals surface area contributed by atoms with Crippen LogP contribution in [-0.4, -0.2) is 36.6 Å². The standard InChI is InChI=1S/C17H25N3O/c1-2-18-17(21)20-11-10-15(12-20)19-16(14-8-9-14)13-6-4-3-5-7-13/h3-7,14-16,19H,2,8-12H2,1H3,(H,18,21)/t15-,16-/m1/s1. The van der Waals surface area contributed by atoms with Gasteiger partial charge in [0, 0.05) is 31.7 Å². The Morgan fingerprint density at radius 1 is 1.29 bits per heavy atom. The van der Waals surface area contributed by atoms with Crippen LogP contribution >= 0.6 is 0 Å². The van der Waals surface area contributed by atoms with Crippen molar-refractivity contribution in [2.45, 2.75) is 38.3 Å². The van der Waals surface area contributed by atoms with E-state index in [9.17, 15) is 4.79 Å². The lowest BCUT2D eigenvalue weighted by molar-refractivity contribution is 0.207. The third-order valence-corrected chi connectivity index (χ3v) is 4.47. The average molecular weight is 287 g/mol. The van der Waals surface area contributed by atoms with E-state index in [1.165, 1.54) is 18.4 Å². The van der Waals surface area contributed by atoms with Crippen LogP contribution in [0, 0.1) is 5.92 Å². The van der Waals surface area contributed by atoms with Crippen molar-refractivity contribution < 1.29 is 4.79 Å². The summed E-state index contributed by atoms with van der Waals surface area (Å²) < 4.78 is 0. The zero-order valence-electron chi connectivity index (χ0n) is 12.7. The van der Waals surface area contributed by atoms with Gasteiger partial charge in [-0.05, 0) is 37.7 Å². The summed E-state index contributed by atoms with van der Waals surface area (Å²) in [6, 6.07) is 11.7. The van der Waals surface area contributed by atoms with E-state index in [-0.39, 0.29) is 6.03 Å². The molecule has 1 heterocycles. The first-order valence-electron chi connectivity index (χ1n) is 8.11. The van der Waals surface area contributed by atoms with Crippen molar-refractivity contribution in [3.8, 4) is 0 Å². The first-order chi connectivity index (χ1) is 10.3. The van der Waals surface area contributed by atoms with Gasteiger partial charge in [-0.25, -0.2) is 4.79 Å². The molecule has 4 nitrogen and oxygen atoms in total.